The highest BCUT2D eigenvalue weighted by Crippen LogP contribution is 2.14. The largest absolute Gasteiger partial charge is 0.350 e. The van der Waals surface area contributed by atoms with E-state index in [1.807, 2.05) is 0 Å². The molecule has 114 valence electrons. The average molecular weight is 299 g/mol. The number of nitrogens with zero attached hydrogens (tertiary/aromatic N) is 6. The maximum absolute atomic E-state index is 12.4. The third-order valence-corrected chi connectivity index (χ3v) is 2.94. The fourth-order valence-electron chi connectivity index (χ4n) is 1.99. The van der Waals surface area contributed by atoms with Crippen LogP contribution in [0.4, 0.5) is 8.78 Å². The molecule has 21 heavy (non-hydrogen) atoms. The molecule has 0 spiro atoms. The molecule has 2 aromatic heterocycles. The highest BCUT2D eigenvalue weighted by atomic mass is 19.3. The van der Waals surface area contributed by atoms with E-state index in [0.29, 0.717) is 30.0 Å². The molecule has 0 atom stereocenters. The quantitative estimate of drug-likeness (QED) is 0.822. The Morgan fingerprint density at radius 1 is 1.43 bits per heavy atom. The van der Waals surface area contributed by atoms with Crippen molar-refractivity contribution in [2.45, 2.75) is 33.4 Å². The molecule has 2 rings (SSSR count). The molecule has 10 heteroatoms. The fourth-order valence-corrected chi connectivity index (χ4v) is 1.99. The summed E-state index contributed by atoms with van der Waals surface area (Å²) in [6, 6.07) is 0. The first-order valence-electron chi connectivity index (χ1n) is 6.30. The van der Waals surface area contributed by atoms with Gasteiger partial charge in [-0.15, -0.1) is 5.10 Å². The van der Waals surface area contributed by atoms with E-state index in [1.54, 1.807) is 13.8 Å². The molecular weight excluding hydrogens is 284 g/mol. The number of aryl methyl sites for hydroxylation is 1. The Hall–Kier alpha value is -2.39. The number of carbonyl (C=O) groups is 1. The predicted octanol–water partition coefficient (Wildman–Crippen LogP) is 0.182. The molecular formula is C11H15F2N7O. The Balaban J connectivity index is 2.00. The molecule has 0 unspecified atom stereocenters. The Labute approximate surface area is 119 Å². The zero-order valence-electron chi connectivity index (χ0n) is 11.6. The summed E-state index contributed by atoms with van der Waals surface area (Å²) >= 11 is 0. The van der Waals surface area contributed by atoms with Crippen molar-refractivity contribution < 1.29 is 13.6 Å². The fraction of sp³-hybridized carbons (Fsp3) is 0.545. The van der Waals surface area contributed by atoms with Crippen LogP contribution in [0.3, 0.4) is 0 Å². The lowest BCUT2D eigenvalue weighted by molar-refractivity contribution is 0.0948. The molecule has 0 bridgehead atoms. The van der Waals surface area contributed by atoms with E-state index in [9.17, 15) is 13.6 Å². The van der Waals surface area contributed by atoms with Gasteiger partial charge in [0.15, 0.2) is 0 Å². The highest BCUT2D eigenvalue weighted by Gasteiger charge is 2.19. The summed E-state index contributed by atoms with van der Waals surface area (Å²) in [6.07, 6.45) is -1.08. The van der Waals surface area contributed by atoms with E-state index < -0.39 is 13.0 Å². The minimum absolute atomic E-state index is 0.322. The van der Waals surface area contributed by atoms with Crippen molar-refractivity contribution in [3.63, 3.8) is 0 Å². The molecule has 1 amide bonds. The van der Waals surface area contributed by atoms with Crippen LogP contribution in [0.2, 0.25) is 0 Å². The van der Waals surface area contributed by atoms with Gasteiger partial charge in [-0.1, -0.05) is 0 Å². The van der Waals surface area contributed by atoms with Gasteiger partial charge in [-0.3, -0.25) is 9.48 Å². The van der Waals surface area contributed by atoms with Crippen molar-refractivity contribution in [2.24, 2.45) is 0 Å². The number of carbonyl (C=O) groups excluding carboxylic acids is 1. The van der Waals surface area contributed by atoms with E-state index >= 15 is 0 Å². The number of amides is 1. The van der Waals surface area contributed by atoms with Crippen LogP contribution in [0.5, 0.6) is 0 Å². The molecule has 8 nitrogen and oxygen atoms in total. The Morgan fingerprint density at radius 2 is 2.19 bits per heavy atom. The standard InChI is InChI=1S/C11H15F2N7O/c1-7-10(8(2)20(16-7)5-9(12)13)11(21)14-3-4-19-6-15-17-18-19/h6,9H,3-5H2,1-2H3,(H,14,21). The number of tetrazole rings is 1. The molecule has 2 aromatic rings. The van der Waals surface area contributed by atoms with E-state index in [1.165, 1.54) is 11.0 Å². The number of nitrogens with one attached hydrogen (secondary N) is 1. The number of halogens is 2. The lowest BCUT2D eigenvalue weighted by atomic mass is 10.2. The van der Waals surface area contributed by atoms with Crippen LogP contribution in [0.15, 0.2) is 6.33 Å². The van der Waals surface area contributed by atoms with Crippen molar-refractivity contribution in [3.05, 3.63) is 23.3 Å². The van der Waals surface area contributed by atoms with E-state index in [-0.39, 0.29) is 5.91 Å². The summed E-state index contributed by atoms with van der Waals surface area (Å²) in [7, 11) is 0. The minimum Gasteiger partial charge on any atom is -0.350 e. The van der Waals surface area contributed by atoms with Gasteiger partial charge in [0.2, 0.25) is 0 Å². The first-order valence-corrected chi connectivity index (χ1v) is 6.30. The lowest BCUT2D eigenvalue weighted by Crippen LogP contribution is -2.28. The molecule has 0 fully saturated rings. The minimum atomic E-state index is -2.52. The zero-order valence-corrected chi connectivity index (χ0v) is 11.6. The highest BCUT2D eigenvalue weighted by molar-refractivity contribution is 5.96. The predicted molar refractivity (Wildman–Crippen MR) is 67.9 cm³/mol. The van der Waals surface area contributed by atoms with Crippen molar-refractivity contribution in [1.29, 1.82) is 0 Å². The summed E-state index contributed by atoms with van der Waals surface area (Å²) in [5.41, 5.74) is 1.17. The summed E-state index contributed by atoms with van der Waals surface area (Å²) in [4.78, 5) is 12.1. The Kier molecular flexibility index (Phi) is 4.55. The summed E-state index contributed by atoms with van der Waals surface area (Å²) in [6.45, 7) is 3.43. The first kappa shape index (κ1) is 15.0. The topological polar surface area (TPSA) is 90.5 Å². The van der Waals surface area contributed by atoms with Gasteiger partial charge >= 0.3 is 0 Å². The third-order valence-electron chi connectivity index (χ3n) is 2.94. The molecule has 0 aliphatic carbocycles. The first-order chi connectivity index (χ1) is 9.99. The Bertz CT molecular complexity index is 608. The number of aromatic nitrogens is 6. The third kappa shape index (κ3) is 3.58. The van der Waals surface area contributed by atoms with E-state index in [0.717, 1.165) is 4.68 Å². The van der Waals surface area contributed by atoms with Crippen molar-refractivity contribution in [3.8, 4) is 0 Å². The van der Waals surface area contributed by atoms with Crippen LogP contribution in [-0.2, 0) is 13.1 Å². The average Bonchev–Trinajstić information content (AvgIpc) is 2.98. The van der Waals surface area contributed by atoms with Crippen molar-refractivity contribution >= 4 is 5.91 Å². The molecule has 0 aliphatic heterocycles. The molecule has 0 saturated heterocycles. The van der Waals surface area contributed by atoms with E-state index in [4.69, 9.17) is 0 Å². The van der Waals surface area contributed by atoms with Crippen molar-refractivity contribution in [1.82, 2.24) is 35.3 Å². The van der Waals surface area contributed by atoms with Crippen LogP contribution < -0.4 is 5.32 Å². The molecule has 1 N–H and O–H groups in total. The van der Waals surface area contributed by atoms with Crippen LogP contribution in [0.25, 0.3) is 0 Å². The molecule has 0 radical (unpaired) electrons. The smallest absolute Gasteiger partial charge is 0.257 e. The number of alkyl halides is 2. The molecule has 0 aliphatic rings. The maximum Gasteiger partial charge on any atom is 0.257 e. The number of hydrogen-bond acceptors (Lipinski definition) is 5. The summed E-state index contributed by atoms with van der Waals surface area (Å²) < 4.78 is 27.5. The van der Waals surface area contributed by atoms with Gasteiger partial charge in [-0.05, 0) is 24.3 Å². The number of rotatable bonds is 6. The lowest BCUT2D eigenvalue weighted by Gasteiger charge is -2.06. The van der Waals surface area contributed by atoms with Crippen LogP contribution in [0, 0.1) is 13.8 Å². The second kappa shape index (κ2) is 6.37. The zero-order chi connectivity index (χ0) is 15.4. The van der Waals surface area contributed by atoms with Gasteiger partial charge in [0.05, 0.1) is 17.8 Å². The van der Waals surface area contributed by atoms with E-state index in [2.05, 4.69) is 25.9 Å². The maximum atomic E-state index is 12.4. The van der Waals surface area contributed by atoms with Crippen LogP contribution in [0.1, 0.15) is 21.7 Å². The van der Waals surface area contributed by atoms with Gasteiger partial charge in [0.25, 0.3) is 12.3 Å². The second-order valence-electron chi connectivity index (χ2n) is 4.45. The van der Waals surface area contributed by atoms with Gasteiger partial charge in [-0.25, -0.2) is 13.5 Å². The summed E-state index contributed by atoms with van der Waals surface area (Å²) in [5, 5.41) is 17.3. The summed E-state index contributed by atoms with van der Waals surface area (Å²) in [5.74, 6) is -0.349. The molecule has 2 heterocycles. The monoisotopic (exact) mass is 299 g/mol. The van der Waals surface area contributed by atoms with Crippen molar-refractivity contribution in [2.75, 3.05) is 6.54 Å². The van der Waals surface area contributed by atoms with Crippen LogP contribution >= 0.6 is 0 Å². The van der Waals surface area contributed by atoms with Gasteiger partial charge < -0.3 is 5.32 Å². The second-order valence-corrected chi connectivity index (χ2v) is 4.45. The van der Waals surface area contributed by atoms with Gasteiger partial charge in [-0.2, -0.15) is 5.10 Å². The van der Waals surface area contributed by atoms with Crippen LogP contribution in [-0.4, -0.2) is 48.9 Å². The Morgan fingerprint density at radius 3 is 2.81 bits per heavy atom. The van der Waals surface area contributed by atoms with Gasteiger partial charge in [0.1, 0.15) is 12.9 Å². The molecule has 0 aromatic carbocycles. The molecule has 0 saturated carbocycles. The number of hydrogen-bond donors (Lipinski definition) is 1. The normalized spacial score (nSPS) is 11.1. The SMILES string of the molecule is Cc1nn(CC(F)F)c(C)c1C(=O)NCCn1cnnn1. The van der Waals surface area contributed by atoms with Gasteiger partial charge in [0, 0.05) is 12.2 Å².